The molecular weight excluding hydrogens is 925 g/mol. The number of carbonyl (C=O) groups excluding carboxylic acids is 2. The number of amides is 2. The molecule has 0 aromatic heterocycles. The Morgan fingerprint density at radius 2 is 0.635 bits per heavy atom. The van der Waals surface area contributed by atoms with Crippen LogP contribution in [0.5, 0.6) is 23.0 Å². The van der Waals surface area contributed by atoms with Crippen molar-refractivity contribution in [2.75, 3.05) is 13.1 Å². The third-order valence-corrected chi connectivity index (χ3v) is 13.5. The van der Waals surface area contributed by atoms with Gasteiger partial charge in [0.25, 0.3) is 0 Å². The maximum atomic E-state index is 12.4. The van der Waals surface area contributed by atoms with Gasteiger partial charge in [0.2, 0.25) is 0 Å². The fourth-order valence-electron chi connectivity index (χ4n) is 8.98. The van der Waals surface area contributed by atoms with Crippen LogP contribution in [0.3, 0.4) is 0 Å². The first kappa shape index (κ1) is 60.8. The van der Waals surface area contributed by atoms with Crippen molar-refractivity contribution in [3.63, 3.8) is 0 Å². The molecule has 74 heavy (non-hydrogen) atoms. The summed E-state index contributed by atoms with van der Waals surface area (Å²) >= 11 is 0. The van der Waals surface area contributed by atoms with Gasteiger partial charge in [-0.3, -0.25) is 0 Å². The second-order valence-corrected chi connectivity index (χ2v) is 20.0. The molecule has 0 radical (unpaired) electrons. The van der Waals surface area contributed by atoms with E-state index in [4.69, 9.17) is 9.47 Å². The number of aromatic hydroxyl groups is 2. The molecular formula is C62H92N6O6. The fourth-order valence-corrected chi connectivity index (χ4v) is 8.98. The number of phenols is 2. The van der Waals surface area contributed by atoms with Crippen molar-refractivity contribution in [1.82, 2.24) is 10.6 Å². The highest BCUT2D eigenvalue weighted by Crippen LogP contribution is 2.34. The molecule has 4 aromatic carbocycles. The van der Waals surface area contributed by atoms with Gasteiger partial charge in [-0.2, -0.15) is 10.2 Å². The minimum atomic E-state index is -0.551. The molecule has 0 heterocycles. The molecule has 0 atom stereocenters. The maximum Gasteiger partial charge on any atom is 0.412 e. The van der Waals surface area contributed by atoms with Gasteiger partial charge in [0.15, 0.2) is 0 Å². The number of phenolic OH excluding ortho intramolecular Hbond substituents is 2. The summed E-state index contributed by atoms with van der Waals surface area (Å²) in [5.74, 6) is 0.139. The molecule has 12 heteroatoms. The Kier molecular flexibility index (Phi) is 32.6. The lowest BCUT2D eigenvalue weighted by Gasteiger charge is -2.08. The first-order valence-corrected chi connectivity index (χ1v) is 29.0. The second-order valence-electron chi connectivity index (χ2n) is 20.0. The van der Waals surface area contributed by atoms with Gasteiger partial charge in [-0.15, -0.1) is 10.2 Å². The summed E-state index contributed by atoms with van der Waals surface area (Å²) in [6.07, 6.45) is 40.6. The Balaban J connectivity index is 1.04. The van der Waals surface area contributed by atoms with Crippen LogP contribution >= 0.6 is 0 Å². The molecule has 4 N–H and O–H groups in total. The van der Waals surface area contributed by atoms with Crippen molar-refractivity contribution in [2.24, 2.45) is 20.5 Å². The summed E-state index contributed by atoms with van der Waals surface area (Å²) in [4.78, 5) is 24.7. The van der Waals surface area contributed by atoms with Crippen molar-refractivity contribution in [3.05, 3.63) is 84.9 Å². The van der Waals surface area contributed by atoms with E-state index in [0.717, 1.165) is 36.8 Å². The average Bonchev–Trinajstić information content (AvgIpc) is 3.40. The Hall–Kier alpha value is -5.78. The van der Waals surface area contributed by atoms with E-state index >= 15 is 0 Å². The zero-order chi connectivity index (χ0) is 52.5. The first-order valence-electron chi connectivity index (χ1n) is 29.0. The summed E-state index contributed by atoms with van der Waals surface area (Å²) in [6.45, 7) is 5.64. The van der Waals surface area contributed by atoms with Gasteiger partial charge in [0.05, 0.1) is 11.4 Å². The summed E-state index contributed by atoms with van der Waals surface area (Å²) in [6, 6.07) is 24.0. The Labute approximate surface area is 445 Å². The quantitative estimate of drug-likeness (QED) is 0.0255. The molecule has 4 aromatic rings. The van der Waals surface area contributed by atoms with Crippen LogP contribution < -0.4 is 20.1 Å². The number of hydrogen-bond acceptors (Lipinski definition) is 10. The number of ether oxygens (including phenoxy) is 2. The van der Waals surface area contributed by atoms with E-state index in [1.54, 1.807) is 24.3 Å². The van der Waals surface area contributed by atoms with Crippen LogP contribution in [0.2, 0.25) is 0 Å². The van der Waals surface area contributed by atoms with Gasteiger partial charge in [0, 0.05) is 25.2 Å². The molecule has 406 valence electrons. The number of unbranched alkanes of at least 4 members (excludes halogenated alkanes) is 30. The van der Waals surface area contributed by atoms with Crippen LogP contribution in [-0.4, -0.2) is 35.5 Å². The van der Waals surface area contributed by atoms with Crippen LogP contribution in [0.15, 0.2) is 105 Å². The molecule has 0 spiro atoms. The predicted octanol–water partition coefficient (Wildman–Crippen LogP) is 20.3. The molecule has 0 aliphatic carbocycles. The van der Waals surface area contributed by atoms with Gasteiger partial charge < -0.3 is 30.3 Å². The lowest BCUT2D eigenvalue weighted by Crippen LogP contribution is -2.27. The van der Waals surface area contributed by atoms with Crippen molar-refractivity contribution in [3.8, 4) is 34.1 Å². The van der Waals surface area contributed by atoms with E-state index in [1.165, 1.54) is 192 Å². The minimum absolute atomic E-state index is 0.151. The molecule has 4 rings (SSSR count). The normalized spacial score (nSPS) is 11.4. The van der Waals surface area contributed by atoms with Gasteiger partial charge in [-0.25, -0.2) is 9.59 Å². The highest BCUT2D eigenvalue weighted by molar-refractivity contribution is 5.72. The molecule has 0 aliphatic rings. The van der Waals surface area contributed by atoms with Crippen LogP contribution in [0.25, 0.3) is 11.1 Å². The summed E-state index contributed by atoms with van der Waals surface area (Å²) in [7, 11) is 0. The van der Waals surface area contributed by atoms with Gasteiger partial charge >= 0.3 is 12.2 Å². The second kappa shape index (κ2) is 39.7. The molecule has 0 aliphatic heterocycles. The summed E-state index contributed by atoms with van der Waals surface area (Å²) < 4.78 is 10.7. The summed E-state index contributed by atoms with van der Waals surface area (Å²) in [5, 5.41) is 43.7. The van der Waals surface area contributed by atoms with E-state index in [2.05, 4.69) is 44.9 Å². The predicted molar refractivity (Wildman–Crippen MR) is 304 cm³/mol. The van der Waals surface area contributed by atoms with Gasteiger partial charge in [-0.1, -0.05) is 231 Å². The SMILES string of the molecule is CCCCCCCCCCCCCCCCCCNC(=O)Oc1ccc(N=Nc2ccc(-c3ccc(N=Nc4ccc(OC(=O)NCCCCCCCCCCCCCCCCCC)cc4O)cc3)cc2)c(O)c1. The zero-order valence-electron chi connectivity index (χ0n) is 45.4. The third kappa shape index (κ3) is 28.0. The van der Waals surface area contributed by atoms with Gasteiger partial charge in [0.1, 0.15) is 34.4 Å². The van der Waals surface area contributed by atoms with Crippen molar-refractivity contribution >= 4 is 34.9 Å². The van der Waals surface area contributed by atoms with Crippen molar-refractivity contribution < 1.29 is 29.3 Å². The number of nitrogens with zero attached hydrogens (tertiary/aromatic N) is 4. The largest absolute Gasteiger partial charge is 0.505 e. The van der Waals surface area contributed by atoms with Crippen LogP contribution in [0, 0.1) is 0 Å². The van der Waals surface area contributed by atoms with E-state index < -0.39 is 12.2 Å². The number of nitrogens with one attached hydrogen (secondary N) is 2. The lowest BCUT2D eigenvalue weighted by atomic mass is 10.0. The molecule has 12 nitrogen and oxygen atoms in total. The Morgan fingerprint density at radius 1 is 0.365 bits per heavy atom. The monoisotopic (exact) mass is 1020 g/mol. The zero-order valence-corrected chi connectivity index (χ0v) is 45.4. The average molecular weight is 1020 g/mol. The standard InChI is InChI=1S/C62H92N6O6/c1-3-5-7-9-11-13-15-17-19-21-23-25-27-29-31-33-47-63-61(71)73-55-43-45-57(59(69)49-55)67-65-53-39-35-51(36-40-53)52-37-41-54(42-38-52)66-68-58-46-44-56(50-60(58)70)74-62(72)64-48-34-32-30-28-26-24-22-20-18-16-14-12-10-8-6-4-2/h35-46,49-50,69-70H,3-34,47-48H2,1-2H3,(H,63,71)(H,64,72). The number of rotatable bonds is 41. The topological polar surface area (TPSA) is 167 Å². The van der Waals surface area contributed by atoms with E-state index in [9.17, 15) is 19.8 Å². The molecule has 0 fully saturated rings. The van der Waals surface area contributed by atoms with E-state index in [0.29, 0.717) is 24.5 Å². The minimum Gasteiger partial charge on any atom is -0.505 e. The van der Waals surface area contributed by atoms with Crippen LogP contribution in [-0.2, 0) is 0 Å². The first-order chi connectivity index (χ1) is 36.3. The number of benzene rings is 4. The Morgan fingerprint density at radius 3 is 0.905 bits per heavy atom. The highest BCUT2D eigenvalue weighted by Gasteiger charge is 2.10. The summed E-state index contributed by atoms with van der Waals surface area (Å²) in [5.41, 5.74) is 3.58. The van der Waals surface area contributed by atoms with Crippen LogP contribution in [0.1, 0.15) is 219 Å². The lowest BCUT2D eigenvalue weighted by molar-refractivity contribution is 0.199. The fraction of sp³-hybridized carbons (Fsp3) is 0.581. The maximum absolute atomic E-state index is 12.4. The van der Waals surface area contributed by atoms with Gasteiger partial charge in [-0.05, 0) is 72.5 Å². The molecule has 0 saturated carbocycles. The number of azo groups is 2. The van der Waals surface area contributed by atoms with Crippen molar-refractivity contribution in [2.45, 2.75) is 219 Å². The molecule has 0 saturated heterocycles. The van der Waals surface area contributed by atoms with Crippen molar-refractivity contribution in [1.29, 1.82) is 0 Å². The Bertz CT molecular complexity index is 2010. The number of carbonyl (C=O) groups is 2. The molecule has 2 amide bonds. The van der Waals surface area contributed by atoms with E-state index in [-0.39, 0.29) is 34.4 Å². The smallest absolute Gasteiger partial charge is 0.412 e. The van der Waals surface area contributed by atoms with E-state index in [1.807, 2.05) is 48.5 Å². The number of hydrogen-bond donors (Lipinski definition) is 4. The highest BCUT2D eigenvalue weighted by atomic mass is 16.6. The third-order valence-electron chi connectivity index (χ3n) is 13.5. The molecule has 0 bridgehead atoms. The van der Waals surface area contributed by atoms with Crippen LogP contribution in [0.4, 0.5) is 32.3 Å². The molecule has 0 unspecified atom stereocenters.